The number of rotatable bonds is 3. The average molecular weight is 401 g/mol. The van der Waals surface area contributed by atoms with Gasteiger partial charge in [-0.2, -0.15) is 0 Å². The number of nitrogens with one attached hydrogen (secondary N) is 1. The summed E-state index contributed by atoms with van der Waals surface area (Å²) in [6.07, 6.45) is 5.40. The molecule has 0 spiro atoms. The predicted molar refractivity (Wildman–Crippen MR) is 100 cm³/mol. The summed E-state index contributed by atoms with van der Waals surface area (Å²) in [5.74, 6) is -0.831. The molecule has 4 atom stereocenters. The third-order valence-electron chi connectivity index (χ3n) is 6.48. The molecule has 3 fully saturated rings. The molecular formula is C20H27ClF2N2O2. The summed E-state index contributed by atoms with van der Waals surface area (Å²) in [7, 11) is 0. The lowest BCUT2D eigenvalue weighted by Crippen LogP contribution is -2.50. The highest BCUT2D eigenvalue weighted by Gasteiger charge is 2.41. The molecule has 1 amide bonds. The number of hydrogen-bond acceptors (Lipinski definition) is 3. The average Bonchev–Trinajstić information content (AvgIpc) is 3.05. The zero-order valence-corrected chi connectivity index (χ0v) is 16.0. The summed E-state index contributed by atoms with van der Waals surface area (Å²) in [6.45, 7) is 0.495. The van der Waals surface area contributed by atoms with Gasteiger partial charge in [-0.25, -0.2) is 8.78 Å². The van der Waals surface area contributed by atoms with Crippen LogP contribution in [0, 0.1) is 29.4 Å². The second-order valence-electron chi connectivity index (χ2n) is 8.07. The van der Waals surface area contributed by atoms with Crippen molar-refractivity contribution in [1.82, 2.24) is 5.32 Å². The monoisotopic (exact) mass is 400 g/mol. The van der Waals surface area contributed by atoms with Crippen molar-refractivity contribution in [3.05, 3.63) is 35.4 Å². The summed E-state index contributed by atoms with van der Waals surface area (Å²) >= 11 is 0. The first-order valence-corrected chi connectivity index (χ1v) is 9.65. The quantitative estimate of drug-likeness (QED) is 0.816. The predicted octanol–water partition coefficient (Wildman–Crippen LogP) is 3.49. The van der Waals surface area contributed by atoms with Crippen molar-refractivity contribution in [3.8, 4) is 0 Å². The lowest BCUT2D eigenvalue weighted by Gasteiger charge is -2.43. The van der Waals surface area contributed by atoms with Gasteiger partial charge in [-0.05, 0) is 61.6 Å². The summed E-state index contributed by atoms with van der Waals surface area (Å²) in [5, 5.41) is 3.11. The molecule has 7 heteroatoms. The summed E-state index contributed by atoms with van der Waals surface area (Å²) < 4.78 is 32.4. The van der Waals surface area contributed by atoms with E-state index in [9.17, 15) is 13.6 Å². The van der Waals surface area contributed by atoms with Gasteiger partial charge in [0.1, 0.15) is 6.10 Å². The van der Waals surface area contributed by atoms with E-state index in [1.54, 1.807) is 0 Å². The summed E-state index contributed by atoms with van der Waals surface area (Å²) in [6, 6.07) is 3.82. The third kappa shape index (κ3) is 4.13. The van der Waals surface area contributed by atoms with Crippen LogP contribution in [-0.4, -0.2) is 24.6 Å². The van der Waals surface area contributed by atoms with E-state index in [2.05, 4.69) is 5.32 Å². The standard InChI is InChI=1S/C20H26F2N2O2.ClH/c21-15-5-4-13(10-16(15)22)19-17(6-7-26-19)24-20(25)14-8-11-2-1-3-12(9-14)18(11)23;/h4-5,10-12,14,17-19H,1-3,6-9,23H2,(H,24,25);1H. The molecule has 4 unspecified atom stereocenters. The fourth-order valence-corrected chi connectivity index (χ4v) is 5.06. The first kappa shape index (κ1) is 20.5. The van der Waals surface area contributed by atoms with Crippen molar-refractivity contribution in [2.24, 2.45) is 23.5 Å². The summed E-state index contributed by atoms with van der Waals surface area (Å²) in [5.41, 5.74) is 6.88. The van der Waals surface area contributed by atoms with Crippen LogP contribution in [0.4, 0.5) is 8.78 Å². The molecule has 27 heavy (non-hydrogen) atoms. The SMILES string of the molecule is Cl.NC1C2CCCC1CC(C(=O)NC1CCOC1c1ccc(F)c(F)c1)C2. The zero-order valence-electron chi connectivity index (χ0n) is 15.2. The second-order valence-corrected chi connectivity index (χ2v) is 8.07. The zero-order chi connectivity index (χ0) is 18.3. The maximum atomic E-state index is 13.6. The van der Waals surface area contributed by atoms with Crippen LogP contribution in [0.2, 0.25) is 0 Å². The number of carbonyl (C=O) groups excluding carboxylic acids is 1. The molecule has 3 aliphatic rings. The maximum absolute atomic E-state index is 13.6. The molecule has 1 aromatic carbocycles. The minimum absolute atomic E-state index is 0. The molecule has 2 aliphatic carbocycles. The van der Waals surface area contributed by atoms with Gasteiger partial charge >= 0.3 is 0 Å². The second kappa shape index (κ2) is 8.41. The van der Waals surface area contributed by atoms with E-state index in [0.29, 0.717) is 30.4 Å². The molecular weight excluding hydrogens is 374 g/mol. The number of fused-ring (bicyclic) bond motifs is 2. The Morgan fingerprint density at radius 2 is 1.81 bits per heavy atom. The number of ether oxygens (including phenoxy) is 1. The molecule has 0 radical (unpaired) electrons. The van der Waals surface area contributed by atoms with Gasteiger partial charge in [0.15, 0.2) is 11.6 Å². The minimum atomic E-state index is -0.892. The lowest BCUT2D eigenvalue weighted by molar-refractivity contribution is -0.129. The molecule has 4 rings (SSSR count). The van der Waals surface area contributed by atoms with Gasteiger partial charge in [-0.1, -0.05) is 12.5 Å². The van der Waals surface area contributed by atoms with Crippen molar-refractivity contribution in [2.75, 3.05) is 6.61 Å². The molecule has 0 aromatic heterocycles. The van der Waals surface area contributed by atoms with Crippen molar-refractivity contribution in [1.29, 1.82) is 0 Å². The van der Waals surface area contributed by atoms with Crippen molar-refractivity contribution in [3.63, 3.8) is 0 Å². The van der Waals surface area contributed by atoms with Crippen LogP contribution < -0.4 is 11.1 Å². The Hall–Kier alpha value is -1.24. The van der Waals surface area contributed by atoms with Gasteiger partial charge < -0.3 is 15.8 Å². The first-order valence-electron chi connectivity index (χ1n) is 9.65. The van der Waals surface area contributed by atoms with Crippen LogP contribution in [0.15, 0.2) is 18.2 Å². The minimum Gasteiger partial charge on any atom is -0.371 e. The van der Waals surface area contributed by atoms with Crippen molar-refractivity contribution in [2.45, 2.75) is 56.7 Å². The van der Waals surface area contributed by atoms with E-state index in [0.717, 1.165) is 37.8 Å². The van der Waals surface area contributed by atoms with Crippen LogP contribution in [0.25, 0.3) is 0 Å². The molecule has 1 aliphatic heterocycles. The molecule has 1 heterocycles. The largest absolute Gasteiger partial charge is 0.371 e. The van der Waals surface area contributed by atoms with E-state index < -0.39 is 17.7 Å². The number of halogens is 3. The van der Waals surface area contributed by atoms with Gasteiger partial charge in [0.2, 0.25) is 5.91 Å². The van der Waals surface area contributed by atoms with Gasteiger partial charge in [0, 0.05) is 18.6 Å². The van der Waals surface area contributed by atoms with Gasteiger partial charge in [-0.3, -0.25) is 4.79 Å². The number of nitrogens with two attached hydrogens (primary N) is 1. The number of benzene rings is 1. The van der Waals surface area contributed by atoms with Crippen LogP contribution in [0.5, 0.6) is 0 Å². The Bertz CT molecular complexity index is 676. The number of hydrogen-bond donors (Lipinski definition) is 2. The fourth-order valence-electron chi connectivity index (χ4n) is 5.06. The van der Waals surface area contributed by atoms with E-state index >= 15 is 0 Å². The molecule has 1 saturated heterocycles. The van der Waals surface area contributed by atoms with Crippen molar-refractivity contribution < 1.29 is 18.3 Å². The molecule has 3 N–H and O–H groups in total. The Labute approximate surface area is 164 Å². The Kier molecular flexibility index (Phi) is 6.39. The van der Waals surface area contributed by atoms with E-state index in [1.165, 1.54) is 12.5 Å². The third-order valence-corrected chi connectivity index (χ3v) is 6.48. The number of carbonyl (C=O) groups is 1. The normalized spacial score (nSPS) is 35.4. The highest BCUT2D eigenvalue weighted by Crippen LogP contribution is 2.42. The molecule has 2 saturated carbocycles. The van der Waals surface area contributed by atoms with E-state index in [4.69, 9.17) is 10.5 Å². The van der Waals surface area contributed by atoms with Crippen LogP contribution >= 0.6 is 12.4 Å². The van der Waals surface area contributed by atoms with Gasteiger partial charge in [0.25, 0.3) is 0 Å². The summed E-state index contributed by atoms with van der Waals surface area (Å²) in [4.78, 5) is 12.8. The molecule has 4 nitrogen and oxygen atoms in total. The Balaban J connectivity index is 0.00000210. The number of amides is 1. The van der Waals surface area contributed by atoms with Crippen LogP contribution in [0.3, 0.4) is 0 Å². The van der Waals surface area contributed by atoms with Gasteiger partial charge in [0.05, 0.1) is 6.04 Å². The lowest BCUT2D eigenvalue weighted by atomic mass is 9.65. The van der Waals surface area contributed by atoms with Crippen LogP contribution in [-0.2, 0) is 9.53 Å². The highest BCUT2D eigenvalue weighted by molar-refractivity contribution is 5.85. The van der Waals surface area contributed by atoms with Gasteiger partial charge in [-0.15, -0.1) is 12.4 Å². The Morgan fingerprint density at radius 3 is 2.48 bits per heavy atom. The molecule has 150 valence electrons. The van der Waals surface area contributed by atoms with E-state index in [1.807, 2.05) is 0 Å². The van der Waals surface area contributed by atoms with Crippen molar-refractivity contribution >= 4 is 18.3 Å². The Morgan fingerprint density at radius 1 is 1.11 bits per heavy atom. The highest BCUT2D eigenvalue weighted by atomic mass is 35.5. The topological polar surface area (TPSA) is 64.4 Å². The molecule has 1 aromatic rings. The first-order chi connectivity index (χ1) is 12.5. The molecule has 2 bridgehead atoms. The smallest absolute Gasteiger partial charge is 0.223 e. The fraction of sp³-hybridized carbons (Fsp3) is 0.650. The maximum Gasteiger partial charge on any atom is 0.223 e. The van der Waals surface area contributed by atoms with Crippen LogP contribution in [0.1, 0.15) is 50.2 Å². The van der Waals surface area contributed by atoms with E-state index in [-0.39, 0.29) is 36.3 Å².